The topological polar surface area (TPSA) is 42.4 Å². The van der Waals surface area contributed by atoms with Crippen LogP contribution in [0.15, 0.2) is 29.5 Å². The standard InChI is InChI=1S/C18H27NO2/c1-4-11-18(3,20)17-8-6-5-7-15(17)13-21-16-10-9-14(2)19-12-16/h9-10,12,20H,4-8,11,13H2,1-3H3. The molecule has 3 nitrogen and oxygen atoms in total. The Labute approximate surface area is 128 Å². The molecule has 0 aromatic carbocycles. The number of aliphatic hydroxyl groups is 1. The van der Waals surface area contributed by atoms with Gasteiger partial charge in [-0.25, -0.2) is 0 Å². The van der Waals surface area contributed by atoms with E-state index in [9.17, 15) is 5.11 Å². The summed E-state index contributed by atoms with van der Waals surface area (Å²) in [6.07, 6.45) is 7.97. The molecule has 0 radical (unpaired) electrons. The molecule has 1 N–H and O–H groups in total. The fraction of sp³-hybridized carbons (Fsp3) is 0.611. The molecule has 1 heterocycles. The molecule has 2 rings (SSSR count). The van der Waals surface area contributed by atoms with Crippen molar-refractivity contribution in [2.45, 2.75) is 64.9 Å². The van der Waals surface area contributed by atoms with Gasteiger partial charge in [-0.05, 0) is 69.2 Å². The van der Waals surface area contributed by atoms with E-state index in [0.717, 1.165) is 37.1 Å². The molecular formula is C18H27NO2. The second-order valence-electron chi connectivity index (χ2n) is 6.24. The van der Waals surface area contributed by atoms with Crippen LogP contribution in [0.5, 0.6) is 5.75 Å². The summed E-state index contributed by atoms with van der Waals surface area (Å²) in [5.41, 5.74) is 2.79. The Bertz CT molecular complexity index is 488. The lowest BCUT2D eigenvalue weighted by Crippen LogP contribution is -2.30. The van der Waals surface area contributed by atoms with Crippen LogP contribution in [0.3, 0.4) is 0 Å². The van der Waals surface area contributed by atoms with E-state index >= 15 is 0 Å². The molecule has 21 heavy (non-hydrogen) atoms. The number of nitrogens with zero attached hydrogens (tertiary/aromatic N) is 1. The van der Waals surface area contributed by atoms with Crippen LogP contribution in [0.2, 0.25) is 0 Å². The van der Waals surface area contributed by atoms with E-state index in [1.807, 2.05) is 26.0 Å². The largest absolute Gasteiger partial charge is 0.488 e. The van der Waals surface area contributed by atoms with Crippen LogP contribution in [0.4, 0.5) is 0 Å². The molecule has 0 spiro atoms. The molecule has 1 atom stereocenters. The van der Waals surface area contributed by atoms with Crippen molar-refractivity contribution < 1.29 is 9.84 Å². The van der Waals surface area contributed by atoms with Crippen molar-refractivity contribution in [1.82, 2.24) is 4.98 Å². The maximum absolute atomic E-state index is 10.7. The van der Waals surface area contributed by atoms with Gasteiger partial charge in [0.2, 0.25) is 0 Å². The minimum absolute atomic E-state index is 0.569. The van der Waals surface area contributed by atoms with Gasteiger partial charge in [-0.2, -0.15) is 0 Å². The smallest absolute Gasteiger partial charge is 0.138 e. The Morgan fingerprint density at radius 1 is 1.29 bits per heavy atom. The van der Waals surface area contributed by atoms with Crippen LogP contribution in [-0.2, 0) is 0 Å². The summed E-state index contributed by atoms with van der Waals surface area (Å²) in [4.78, 5) is 4.25. The minimum Gasteiger partial charge on any atom is -0.488 e. The van der Waals surface area contributed by atoms with Gasteiger partial charge >= 0.3 is 0 Å². The van der Waals surface area contributed by atoms with Crippen LogP contribution >= 0.6 is 0 Å². The number of aromatic nitrogens is 1. The first-order valence-electron chi connectivity index (χ1n) is 8.02. The SMILES string of the molecule is CCCC(C)(O)C1=C(COc2ccc(C)nc2)CCCC1. The van der Waals surface area contributed by atoms with Gasteiger partial charge in [0.25, 0.3) is 0 Å². The third-order valence-electron chi connectivity index (χ3n) is 4.27. The molecule has 1 aromatic rings. The zero-order valence-corrected chi connectivity index (χ0v) is 13.5. The minimum atomic E-state index is -0.681. The fourth-order valence-electron chi connectivity index (χ4n) is 3.12. The number of rotatable bonds is 6. The van der Waals surface area contributed by atoms with Crippen LogP contribution in [0, 0.1) is 6.92 Å². The van der Waals surface area contributed by atoms with Gasteiger partial charge in [0.15, 0.2) is 0 Å². The van der Waals surface area contributed by atoms with E-state index in [4.69, 9.17) is 4.74 Å². The lowest BCUT2D eigenvalue weighted by Gasteiger charge is -2.32. The molecule has 1 aliphatic carbocycles. The number of aryl methyl sites for hydroxylation is 1. The van der Waals surface area contributed by atoms with Crippen molar-refractivity contribution in [3.05, 3.63) is 35.2 Å². The van der Waals surface area contributed by atoms with Gasteiger partial charge in [0.1, 0.15) is 12.4 Å². The summed E-state index contributed by atoms with van der Waals surface area (Å²) >= 11 is 0. The molecule has 0 saturated carbocycles. The molecule has 0 fully saturated rings. The van der Waals surface area contributed by atoms with Gasteiger partial charge in [-0.3, -0.25) is 4.98 Å². The highest BCUT2D eigenvalue weighted by molar-refractivity contribution is 5.27. The summed E-state index contributed by atoms with van der Waals surface area (Å²) in [5.74, 6) is 0.799. The van der Waals surface area contributed by atoms with Gasteiger partial charge in [0, 0.05) is 5.69 Å². The second kappa shape index (κ2) is 7.08. The monoisotopic (exact) mass is 289 g/mol. The summed E-state index contributed by atoms with van der Waals surface area (Å²) in [5, 5.41) is 10.7. The Morgan fingerprint density at radius 2 is 2.05 bits per heavy atom. The average molecular weight is 289 g/mol. The summed E-state index contributed by atoms with van der Waals surface area (Å²) in [6, 6.07) is 3.91. The normalized spacial score (nSPS) is 18.5. The molecule has 1 aliphatic rings. The van der Waals surface area contributed by atoms with E-state index in [1.165, 1.54) is 24.0 Å². The molecule has 0 saturated heterocycles. The van der Waals surface area contributed by atoms with Crippen molar-refractivity contribution in [2.75, 3.05) is 6.61 Å². The molecule has 3 heteroatoms. The third-order valence-corrected chi connectivity index (χ3v) is 4.27. The molecular weight excluding hydrogens is 262 g/mol. The third kappa shape index (κ3) is 4.31. The highest BCUT2D eigenvalue weighted by atomic mass is 16.5. The van der Waals surface area contributed by atoms with Crippen molar-refractivity contribution in [1.29, 1.82) is 0 Å². The van der Waals surface area contributed by atoms with E-state index in [0.29, 0.717) is 6.61 Å². The molecule has 116 valence electrons. The number of ether oxygens (including phenoxy) is 1. The van der Waals surface area contributed by atoms with Crippen LogP contribution in [-0.4, -0.2) is 22.3 Å². The van der Waals surface area contributed by atoms with Gasteiger partial charge in [-0.15, -0.1) is 0 Å². The molecule has 0 aliphatic heterocycles. The van der Waals surface area contributed by atoms with E-state index in [1.54, 1.807) is 6.20 Å². The first-order valence-corrected chi connectivity index (χ1v) is 8.02. The fourth-order valence-corrected chi connectivity index (χ4v) is 3.12. The van der Waals surface area contributed by atoms with Crippen LogP contribution < -0.4 is 4.74 Å². The Kier molecular flexibility index (Phi) is 5.40. The van der Waals surface area contributed by atoms with E-state index in [2.05, 4.69) is 11.9 Å². The Morgan fingerprint density at radius 3 is 2.71 bits per heavy atom. The molecule has 0 bridgehead atoms. The number of hydrogen-bond acceptors (Lipinski definition) is 3. The van der Waals surface area contributed by atoms with Gasteiger partial charge in [0.05, 0.1) is 11.8 Å². The summed E-state index contributed by atoms with van der Waals surface area (Å²) in [7, 11) is 0. The van der Waals surface area contributed by atoms with Crippen LogP contribution in [0.1, 0.15) is 58.1 Å². The first kappa shape index (κ1) is 16.0. The second-order valence-corrected chi connectivity index (χ2v) is 6.24. The van der Waals surface area contributed by atoms with Crippen LogP contribution in [0.25, 0.3) is 0 Å². The molecule has 1 unspecified atom stereocenters. The number of hydrogen-bond donors (Lipinski definition) is 1. The first-order chi connectivity index (χ1) is 10.0. The van der Waals surface area contributed by atoms with Crippen molar-refractivity contribution in [3.8, 4) is 5.75 Å². The summed E-state index contributed by atoms with van der Waals surface area (Å²) in [6.45, 7) is 6.60. The predicted octanol–water partition coefficient (Wildman–Crippen LogP) is 4.19. The maximum Gasteiger partial charge on any atom is 0.138 e. The quantitative estimate of drug-likeness (QED) is 0.798. The Hall–Kier alpha value is -1.35. The highest BCUT2D eigenvalue weighted by Gasteiger charge is 2.29. The predicted molar refractivity (Wildman–Crippen MR) is 85.5 cm³/mol. The lowest BCUT2D eigenvalue weighted by molar-refractivity contribution is 0.0801. The average Bonchev–Trinajstić information content (AvgIpc) is 2.47. The number of pyridine rings is 1. The Balaban J connectivity index is 2.10. The molecule has 1 aromatic heterocycles. The zero-order chi connectivity index (χ0) is 15.3. The van der Waals surface area contributed by atoms with Crippen molar-refractivity contribution >= 4 is 0 Å². The van der Waals surface area contributed by atoms with Gasteiger partial charge in [-0.1, -0.05) is 13.3 Å². The van der Waals surface area contributed by atoms with E-state index < -0.39 is 5.60 Å². The zero-order valence-electron chi connectivity index (χ0n) is 13.5. The summed E-state index contributed by atoms with van der Waals surface area (Å²) < 4.78 is 5.87. The van der Waals surface area contributed by atoms with Crippen molar-refractivity contribution in [3.63, 3.8) is 0 Å². The van der Waals surface area contributed by atoms with Gasteiger partial charge < -0.3 is 9.84 Å². The van der Waals surface area contributed by atoms with E-state index in [-0.39, 0.29) is 0 Å². The lowest BCUT2D eigenvalue weighted by atomic mass is 9.80. The maximum atomic E-state index is 10.7. The highest BCUT2D eigenvalue weighted by Crippen LogP contribution is 2.35. The molecule has 0 amide bonds. The van der Waals surface area contributed by atoms with Crippen molar-refractivity contribution in [2.24, 2.45) is 0 Å².